The lowest BCUT2D eigenvalue weighted by molar-refractivity contribution is 0.158. The lowest BCUT2D eigenvalue weighted by atomic mass is 10.0. The van der Waals surface area contributed by atoms with Gasteiger partial charge < -0.3 is 9.84 Å². The minimum absolute atomic E-state index is 0.486. The summed E-state index contributed by atoms with van der Waals surface area (Å²) < 4.78 is 30.8. The molecule has 1 N–H and O–H groups in total. The Bertz CT molecular complexity index is 526. The highest BCUT2D eigenvalue weighted by Gasteiger charge is 2.38. The zero-order valence-electron chi connectivity index (χ0n) is 11.1. The third kappa shape index (κ3) is 2.75. The fourth-order valence-corrected chi connectivity index (χ4v) is 4.15. The number of hydrogen-bond donors (Lipinski definition) is 1. The van der Waals surface area contributed by atoms with Crippen molar-refractivity contribution in [3.8, 4) is 5.75 Å². The Morgan fingerprint density at radius 2 is 2.00 bits per heavy atom. The van der Waals surface area contributed by atoms with Crippen LogP contribution in [-0.2, 0) is 10.0 Å². The van der Waals surface area contributed by atoms with Crippen LogP contribution in [0.2, 0.25) is 0 Å². The number of aliphatic hydroxyl groups is 1. The molecule has 0 saturated carbocycles. The van der Waals surface area contributed by atoms with Gasteiger partial charge in [-0.15, -0.1) is 0 Å². The second-order valence-corrected chi connectivity index (χ2v) is 7.02. The lowest BCUT2D eigenvalue weighted by Gasteiger charge is -2.32. The van der Waals surface area contributed by atoms with Gasteiger partial charge >= 0.3 is 0 Å². The molecule has 0 aliphatic carbocycles. The minimum Gasteiger partial charge on any atom is -0.497 e. The number of nitrogens with zero attached hydrogens (tertiary/aromatic N) is 1. The van der Waals surface area contributed by atoms with Crippen LogP contribution in [0.1, 0.15) is 24.5 Å². The summed E-state index contributed by atoms with van der Waals surface area (Å²) in [6, 6.07) is 6.84. The molecule has 1 aliphatic rings. The Balaban J connectivity index is 2.24. The van der Waals surface area contributed by atoms with Crippen LogP contribution >= 0.6 is 0 Å². The maximum Gasteiger partial charge on any atom is 0.219 e. The second kappa shape index (κ2) is 5.48. The third-order valence-corrected chi connectivity index (χ3v) is 5.90. The standard InChI is InChI=1S/C13H19NO4S/c1-14-9-3-4-12(19(14,16)17)13(15)10-5-7-11(18-2)8-6-10/h5-8,12-13,15H,3-4,9H2,1-2H3/t12-,13+/m0/s1. The Kier molecular flexibility index (Phi) is 4.13. The van der Waals surface area contributed by atoms with Crippen molar-refractivity contribution in [3.05, 3.63) is 29.8 Å². The molecule has 6 heteroatoms. The summed E-state index contributed by atoms with van der Waals surface area (Å²) in [6.45, 7) is 0.522. The minimum atomic E-state index is -3.41. The number of methoxy groups -OCH3 is 1. The van der Waals surface area contributed by atoms with Crippen LogP contribution in [0.15, 0.2) is 24.3 Å². The first-order valence-corrected chi connectivity index (χ1v) is 7.74. The molecule has 1 saturated heterocycles. The van der Waals surface area contributed by atoms with Crippen molar-refractivity contribution in [1.82, 2.24) is 4.31 Å². The lowest BCUT2D eigenvalue weighted by Crippen LogP contribution is -2.44. The molecule has 0 bridgehead atoms. The molecule has 2 atom stereocenters. The van der Waals surface area contributed by atoms with E-state index in [0.717, 1.165) is 6.42 Å². The summed E-state index contributed by atoms with van der Waals surface area (Å²) in [4.78, 5) is 0. The van der Waals surface area contributed by atoms with E-state index in [1.54, 1.807) is 38.4 Å². The first kappa shape index (κ1) is 14.3. The van der Waals surface area contributed by atoms with E-state index in [2.05, 4.69) is 0 Å². The van der Waals surface area contributed by atoms with E-state index in [0.29, 0.717) is 24.3 Å². The second-order valence-electron chi connectivity index (χ2n) is 4.77. The SMILES string of the molecule is COc1ccc([C@@H](O)[C@@H]2CCCN(C)S2(=O)=O)cc1. The van der Waals surface area contributed by atoms with Crippen molar-refractivity contribution in [2.24, 2.45) is 0 Å². The molecular weight excluding hydrogens is 266 g/mol. The number of sulfonamides is 1. The summed E-state index contributed by atoms with van der Waals surface area (Å²) >= 11 is 0. The van der Waals surface area contributed by atoms with Crippen molar-refractivity contribution in [2.75, 3.05) is 20.7 Å². The molecule has 0 unspecified atom stereocenters. The van der Waals surface area contributed by atoms with Crippen molar-refractivity contribution in [3.63, 3.8) is 0 Å². The predicted molar refractivity (Wildman–Crippen MR) is 72.5 cm³/mol. The molecule has 106 valence electrons. The molecule has 0 amide bonds. The molecular formula is C13H19NO4S. The van der Waals surface area contributed by atoms with Crippen LogP contribution in [0.4, 0.5) is 0 Å². The zero-order valence-corrected chi connectivity index (χ0v) is 11.9. The van der Waals surface area contributed by atoms with Crippen LogP contribution in [-0.4, -0.2) is 43.8 Å². The van der Waals surface area contributed by atoms with Gasteiger partial charge in [-0.25, -0.2) is 12.7 Å². The molecule has 0 aromatic heterocycles. The van der Waals surface area contributed by atoms with Gasteiger partial charge in [0.25, 0.3) is 0 Å². The van der Waals surface area contributed by atoms with Crippen LogP contribution < -0.4 is 4.74 Å². The summed E-state index contributed by atoms with van der Waals surface area (Å²) in [5.41, 5.74) is 0.602. The van der Waals surface area contributed by atoms with E-state index in [-0.39, 0.29) is 0 Å². The summed E-state index contributed by atoms with van der Waals surface area (Å²) in [6.07, 6.45) is 0.256. The first-order valence-electron chi connectivity index (χ1n) is 6.24. The Labute approximate surface area is 113 Å². The van der Waals surface area contributed by atoms with Crippen LogP contribution in [0, 0.1) is 0 Å². The normalized spacial score (nSPS) is 24.9. The Morgan fingerprint density at radius 3 is 2.58 bits per heavy atom. The molecule has 1 heterocycles. The smallest absolute Gasteiger partial charge is 0.219 e. The highest BCUT2D eigenvalue weighted by atomic mass is 32.2. The number of ether oxygens (including phenoxy) is 1. The van der Waals surface area contributed by atoms with E-state index < -0.39 is 21.4 Å². The van der Waals surface area contributed by atoms with Gasteiger partial charge in [-0.1, -0.05) is 12.1 Å². The average Bonchev–Trinajstić information content (AvgIpc) is 2.41. The van der Waals surface area contributed by atoms with E-state index in [4.69, 9.17) is 4.74 Å². The molecule has 1 aliphatic heterocycles. The van der Waals surface area contributed by atoms with Crippen LogP contribution in [0.5, 0.6) is 5.75 Å². The molecule has 2 rings (SSSR count). The first-order chi connectivity index (χ1) is 8.96. The average molecular weight is 285 g/mol. The zero-order chi connectivity index (χ0) is 14.0. The van der Waals surface area contributed by atoms with E-state index in [1.807, 2.05) is 0 Å². The number of benzene rings is 1. The molecule has 0 radical (unpaired) electrons. The molecule has 19 heavy (non-hydrogen) atoms. The quantitative estimate of drug-likeness (QED) is 0.905. The van der Waals surface area contributed by atoms with Crippen molar-refractivity contribution < 1.29 is 18.3 Å². The molecule has 1 aromatic carbocycles. The van der Waals surface area contributed by atoms with Gasteiger partial charge in [0.2, 0.25) is 10.0 Å². The maximum absolute atomic E-state index is 12.2. The van der Waals surface area contributed by atoms with E-state index >= 15 is 0 Å². The van der Waals surface area contributed by atoms with Crippen LogP contribution in [0.3, 0.4) is 0 Å². The summed E-state index contributed by atoms with van der Waals surface area (Å²) in [5.74, 6) is 0.680. The van der Waals surface area contributed by atoms with Gasteiger partial charge in [0.15, 0.2) is 0 Å². The Morgan fingerprint density at radius 1 is 1.37 bits per heavy atom. The number of hydrogen-bond acceptors (Lipinski definition) is 4. The highest BCUT2D eigenvalue weighted by Crippen LogP contribution is 2.31. The van der Waals surface area contributed by atoms with Crippen LogP contribution in [0.25, 0.3) is 0 Å². The number of aliphatic hydroxyl groups excluding tert-OH is 1. The Hall–Kier alpha value is -1.11. The molecule has 0 spiro atoms. The molecule has 5 nitrogen and oxygen atoms in total. The topological polar surface area (TPSA) is 66.8 Å². The maximum atomic E-state index is 12.2. The fourth-order valence-electron chi connectivity index (χ4n) is 2.36. The molecule has 1 aromatic rings. The van der Waals surface area contributed by atoms with Crippen molar-refractivity contribution in [2.45, 2.75) is 24.2 Å². The van der Waals surface area contributed by atoms with Gasteiger partial charge in [0.1, 0.15) is 11.0 Å². The third-order valence-electron chi connectivity index (χ3n) is 3.59. The predicted octanol–water partition coefficient (Wildman–Crippen LogP) is 1.15. The number of rotatable bonds is 3. The van der Waals surface area contributed by atoms with Gasteiger partial charge in [-0.3, -0.25) is 0 Å². The van der Waals surface area contributed by atoms with Gasteiger partial charge in [0, 0.05) is 13.6 Å². The fraction of sp³-hybridized carbons (Fsp3) is 0.538. The van der Waals surface area contributed by atoms with Gasteiger partial charge in [-0.2, -0.15) is 0 Å². The van der Waals surface area contributed by atoms with Gasteiger partial charge in [-0.05, 0) is 30.5 Å². The van der Waals surface area contributed by atoms with Crippen molar-refractivity contribution >= 4 is 10.0 Å². The van der Waals surface area contributed by atoms with E-state index in [1.165, 1.54) is 4.31 Å². The van der Waals surface area contributed by atoms with E-state index in [9.17, 15) is 13.5 Å². The van der Waals surface area contributed by atoms with Gasteiger partial charge in [0.05, 0.1) is 13.2 Å². The van der Waals surface area contributed by atoms with Crippen molar-refractivity contribution in [1.29, 1.82) is 0 Å². The molecule has 1 fully saturated rings. The largest absolute Gasteiger partial charge is 0.497 e. The highest BCUT2D eigenvalue weighted by molar-refractivity contribution is 7.89. The summed E-state index contributed by atoms with van der Waals surface area (Å²) in [7, 11) is -0.294. The summed E-state index contributed by atoms with van der Waals surface area (Å²) in [5, 5.41) is 9.55. The monoisotopic (exact) mass is 285 g/mol.